The van der Waals surface area contributed by atoms with Crippen LogP contribution in [0.5, 0.6) is 0 Å². The van der Waals surface area contributed by atoms with Crippen LogP contribution in [-0.4, -0.2) is 23.5 Å². The average Bonchev–Trinajstić information content (AvgIpc) is 3.27. The predicted molar refractivity (Wildman–Crippen MR) is 88.7 cm³/mol. The van der Waals surface area contributed by atoms with E-state index < -0.39 is 5.97 Å². The van der Waals surface area contributed by atoms with Crippen molar-refractivity contribution in [2.24, 2.45) is 5.92 Å². The molecule has 22 heavy (non-hydrogen) atoms. The van der Waals surface area contributed by atoms with Crippen LogP contribution in [0.15, 0.2) is 28.7 Å². The van der Waals surface area contributed by atoms with E-state index >= 15 is 0 Å². The third-order valence-electron chi connectivity index (χ3n) is 4.04. The highest BCUT2D eigenvalue weighted by molar-refractivity contribution is 9.10. The minimum atomic E-state index is -0.735. The van der Waals surface area contributed by atoms with Gasteiger partial charge in [-0.2, -0.15) is 0 Å². The van der Waals surface area contributed by atoms with Gasteiger partial charge in [0, 0.05) is 23.4 Å². The molecule has 1 saturated carbocycles. The van der Waals surface area contributed by atoms with E-state index in [2.05, 4.69) is 33.4 Å². The van der Waals surface area contributed by atoms with E-state index in [0.717, 1.165) is 36.6 Å². The topological polar surface area (TPSA) is 66.4 Å². The van der Waals surface area contributed by atoms with Crippen molar-refractivity contribution in [2.75, 3.05) is 6.54 Å². The van der Waals surface area contributed by atoms with Crippen LogP contribution in [0.4, 0.5) is 0 Å². The van der Waals surface area contributed by atoms with Gasteiger partial charge in [0.2, 0.25) is 5.91 Å². The molecule has 5 heteroatoms. The van der Waals surface area contributed by atoms with Crippen LogP contribution in [0.25, 0.3) is 0 Å². The molecular formula is C17H22BrNO3. The third kappa shape index (κ3) is 5.44. The summed E-state index contributed by atoms with van der Waals surface area (Å²) in [5.74, 6) is -0.101. The van der Waals surface area contributed by atoms with Crippen molar-refractivity contribution in [2.45, 2.75) is 44.4 Å². The smallest absolute Gasteiger partial charge is 0.303 e. The molecule has 0 bridgehead atoms. The fourth-order valence-corrected chi connectivity index (χ4v) is 2.92. The van der Waals surface area contributed by atoms with Gasteiger partial charge in [-0.05, 0) is 42.9 Å². The van der Waals surface area contributed by atoms with Crippen LogP contribution in [0, 0.1) is 5.92 Å². The number of halogens is 1. The van der Waals surface area contributed by atoms with Crippen molar-refractivity contribution in [1.82, 2.24) is 5.32 Å². The van der Waals surface area contributed by atoms with E-state index in [4.69, 9.17) is 5.11 Å². The molecule has 0 aromatic heterocycles. The van der Waals surface area contributed by atoms with Crippen LogP contribution >= 0.6 is 15.9 Å². The lowest BCUT2D eigenvalue weighted by molar-refractivity contribution is -0.137. The Morgan fingerprint density at radius 3 is 2.50 bits per heavy atom. The van der Waals surface area contributed by atoms with E-state index in [0.29, 0.717) is 12.5 Å². The van der Waals surface area contributed by atoms with Gasteiger partial charge in [-0.1, -0.05) is 40.9 Å². The first-order valence-corrected chi connectivity index (χ1v) is 8.62. The van der Waals surface area contributed by atoms with Gasteiger partial charge in [0.05, 0.1) is 0 Å². The second-order valence-electron chi connectivity index (χ2n) is 5.85. The number of benzene rings is 1. The molecule has 2 rings (SSSR count). The van der Waals surface area contributed by atoms with E-state index in [1.54, 1.807) is 0 Å². The molecule has 1 fully saturated rings. The number of carboxylic acids is 1. The van der Waals surface area contributed by atoms with Crippen LogP contribution in [0.2, 0.25) is 0 Å². The fourth-order valence-electron chi connectivity index (χ4n) is 2.66. The molecular weight excluding hydrogens is 346 g/mol. The number of aliphatic carboxylic acids is 1. The Morgan fingerprint density at radius 1 is 1.14 bits per heavy atom. The van der Waals surface area contributed by atoms with E-state index in [1.807, 2.05) is 12.1 Å². The van der Waals surface area contributed by atoms with Crippen LogP contribution in [-0.2, 0) is 9.59 Å². The molecule has 1 amide bonds. The lowest BCUT2D eigenvalue weighted by Gasteiger charge is -2.05. The first kappa shape index (κ1) is 17.0. The van der Waals surface area contributed by atoms with Crippen molar-refractivity contribution < 1.29 is 14.7 Å². The number of hydrogen-bond acceptors (Lipinski definition) is 2. The van der Waals surface area contributed by atoms with Crippen molar-refractivity contribution in [3.05, 3.63) is 34.3 Å². The zero-order chi connectivity index (χ0) is 15.9. The maximum atomic E-state index is 12.0. The SMILES string of the molecule is O=C(O)CCCCCCNC(=O)C1CC1c1ccc(Br)cc1. The van der Waals surface area contributed by atoms with Crippen LogP contribution in [0.1, 0.15) is 50.0 Å². The lowest BCUT2D eigenvalue weighted by Crippen LogP contribution is -2.26. The first-order chi connectivity index (χ1) is 10.6. The van der Waals surface area contributed by atoms with E-state index in [-0.39, 0.29) is 18.2 Å². The van der Waals surface area contributed by atoms with Crippen molar-refractivity contribution in [1.29, 1.82) is 0 Å². The van der Waals surface area contributed by atoms with Gasteiger partial charge in [-0.15, -0.1) is 0 Å². The summed E-state index contributed by atoms with van der Waals surface area (Å²) < 4.78 is 1.06. The molecule has 2 atom stereocenters. The lowest BCUT2D eigenvalue weighted by atomic mass is 10.1. The number of amides is 1. The number of hydrogen-bond donors (Lipinski definition) is 2. The largest absolute Gasteiger partial charge is 0.481 e. The van der Waals surface area contributed by atoms with E-state index in [9.17, 15) is 9.59 Å². The summed E-state index contributed by atoms with van der Waals surface area (Å²) >= 11 is 3.42. The Hall–Kier alpha value is -1.36. The number of carbonyl (C=O) groups is 2. The van der Waals surface area contributed by atoms with Crippen molar-refractivity contribution in [3.63, 3.8) is 0 Å². The van der Waals surface area contributed by atoms with Crippen LogP contribution < -0.4 is 5.32 Å². The number of rotatable bonds is 9. The van der Waals surface area contributed by atoms with Crippen molar-refractivity contribution >= 4 is 27.8 Å². The molecule has 0 radical (unpaired) electrons. The summed E-state index contributed by atoms with van der Waals surface area (Å²) in [4.78, 5) is 22.4. The highest BCUT2D eigenvalue weighted by Crippen LogP contribution is 2.47. The minimum absolute atomic E-state index is 0.119. The number of unbranched alkanes of at least 4 members (excludes halogenated alkanes) is 3. The fraction of sp³-hybridized carbons (Fsp3) is 0.529. The summed E-state index contributed by atoms with van der Waals surface area (Å²) in [5, 5.41) is 11.5. The second-order valence-corrected chi connectivity index (χ2v) is 6.76. The quantitative estimate of drug-likeness (QED) is 0.653. The minimum Gasteiger partial charge on any atom is -0.481 e. The number of carboxylic acid groups (broad SMARTS) is 1. The molecule has 2 unspecified atom stereocenters. The van der Waals surface area contributed by atoms with Gasteiger partial charge in [0.15, 0.2) is 0 Å². The maximum absolute atomic E-state index is 12.0. The second kappa shape index (κ2) is 8.32. The molecule has 4 nitrogen and oxygen atoms in total. The molecule has 1 aromatic carbocycles. The predicted octanol–water partition coefficient (Wildman–Crippen LogP) is 3.70. The Kier molecular flexibility index (Phi) is 6.43. The molecule has 0 aliphatic heterocycles. The normalized spacial score (nSPS) is 19.7. The van der Waals surface area contributed by atoms with Gasteiger partial charge in [-0.3, -0.25) is 9.59 Å². The van der Waals surface area contributed by atoms with Gasteiger partial charge in [0.1, 0.15) is 0 Å². The summed E-state index contributed by atoms with van der Waals surface area (Å²) in [6.07, 6.45) is 4.69. The molecule has 120 valence electrons. The first-order valence-electron chi connectivity index (χ1n) is 7.83. The van der Waals surface area contributed by atoms with Gasteiger partial charge in [-0.25, -0.2) is 0 Å². The van der Waals surface area contributed by atoms with Gasteiger partial charge >= 0.3 is 5.97 Å². The van der Waals surface area contributed by atoms with Crippen molar-refractivity contribution in [3.8, 4) is 0 Å². The molecule has 0 spiro atoms. The zero-order valence-electron chi connectivity index (χ0n) is 12.6. The molecule has 1 aromatic rings. The molecule has 1 aliphatic rings. The monoisotopic (exact) mass is 367 g/mol. The van der Waals surface area contributed by atoms with Gasteiger partial charge in [0.25, 0.3) is 0 Å². The highest BCUT2D eigenvalue weighted by Gasteiger charge is 2.43. The zero-order valence-corrected chi connectivity index (χ0v) is 14.1. The Bertz CT molecular complexity index is 515. The van der Waals surface area contributed by atoms with Gasteiger partial charge < -0.3 is 10.4 Å². The number of carbonyl (C=O) groups excluding carboxylic acids is 1. The summed E-state index contributed by atoms with van der Waals surface area (Å²) in [5.41, 5.74) is 1.23. The molecule has 1 aliphatic carbocycles. The maximum Gasteiger partial charge on any atom is 0.303 e. The highest BCUT2D eigenvalue weighted by atomic mass is 79.9. The molecule has 0 heterocycles. The Balaban J connectivity index is 1.57. The van der Waals surface area contributed by atoms with Crippen LogP contribution in [0.3, 0.4) is 0 Å². The molecule has 2 N–H and O–H groups in total. The number of nitrogens with one attached hydrogen (secondary N) is 1. The third-order valence-corrected chi connectivity index (χ3v) is 4.57. The summed E-state index contributed by atoms with van der Waals surface area (Å²) in [6, 6.07) is 8.18. The summed E-state index contributed by atoms with van der Waals surface area (Å²) in [7, 11) is 0. The molecule has 0 saturated heterocycles. The Labute approximate surface area is 139 Å². The summed E-state index contributed by atoms with van der Waals surface area (Å²) in [6.45, 7) is 0.690. The van der Waals surface area contributed by atoms with E-state index in [1.165, 1.54) is 5.56 Å². The standard InChI is InChI=1S/C17H22BrNO3/c18-13-8-6-12(7-9-13)14-11-15(14)17(22)19-10-4-2-1-3-5-16(20)21/h6-9,14-15H,1-5,10-11H2,(H,19,22)(H,20,21). The Morgan fingerprint density at radius 2 is 1.82 bits per heavy atom. The average molecular weight is 368 g/mol.